The maximum atomic E-state index is 13.5. The average Bonchev–Trinajstić information content (AvgIpc) is 2.81. The summed E-state index contributed by atoms with van der Waals surface area (Å²) in [6.07, 6.45) is 1.66. The number of H-pyrrole nitrogens is 1. The third-order valence-electron chi connectivity index (χ3n) is 5.34. The number of aromatic amines is 1. The maximum Gasteiger partial charge on any atom is 0.322 e. The van der Waals surface area contributed by atoms with Crippen molar-refractivity contribution in [2.45, 2.75) is 13.0 Å². The molecule has 1 aromatic heterocycles. The van der Waals surface area contributed by atoms with Crippen molar-refractivity contribution in [3.05, 3.63) is 111 Å². The molecule has 1 heterocycles. The second kappa shape index (κ2) is 9.24. The Kier molecular flexibility index (Phi) is 6.23. The number of carbonyl (C=O) groups excluding carboxylic acids is 1. The average molecular weight is 450 g/mol. The minimum atomic E-state index is -0.557. The van der Waals surface area contributed by atoms with E-state index in [1.54, 1.807) is 23.2 Å². The first-order chi connectivity index (χ1) is 15.5. The van der Waals surface area contributed by atoms with Gasteiger partial charge in [-0.3, -0.25) is 4.79 Å². The largest absolute Gasteiger partial charge is 0.328 e. The SMILES string of the molecule is CCN(C(=O)Nc1ccc(F)c(Cl)c1)C(c1ccccc1)c1c[nH]c(=O)c2ccccc12. The molecule has 2 N–H and O–H groups in total. The second-order valence-electron chi connectivity index (χ2n) is 7.28. The molecular weight excluding hydrogens is 429 g/mol. The molecule has 0 radical (unpaired) electrons. The van der Waals surface area contributed by atoms with Crippen LogP contribution in [0.1, 0.15) is 24.1 Å². The highest BCUT2D eigenvalue weighted by Gasteiger charge is 2.28. The highest BCUT2D eigenvalue weighted by atomic mass is 35.5. The summed E-state index contributed by atoms with van der Waals surface area (Å²) >= 11 is 5.87. The Balaban J connectivity index is 1.81. The molecule has 1 atom stereocenters. The first kappa shape index (κ1) is 21.6. The zero-order chi connectivity index (χ0) is 22.7. The van der Waals surface area contributed by atoms with E-state index in [1.165, 1.54) is 18.2 Å². The minimum absolute atomic E-state index is 0.0721. The molecule has 0 saturated heterocycles. The number of halogens is 2. The van der Waals surface area contributed by atoms with Crippen molar-refractivity contribution in [3.8, 4) is 0 Å². The monoisotopic (exact) mass is 449 g/mol. The first-order valence-corrected chi connectivity index (χ1v) is 10.6. The van der Waals surface area contributed by atoms with E-state index >= 15 is 0 Å². The number of urea groups is 1. The number of pyridine rings is 1. The van der Waals surface area contributed by atoms with Crippen molar-refractivity contribution >= 4 is 34.1 Å². The van der Waals surface area contributed by atoms with Crippen LogP contribution in [0, 0.1) is 5.82 Å². The van der Waals surface area contributed by atoms with Gasteiger partial charge < -0.3 is 15.2 Å². The third kappa shape index (κ3) is 4.22. The lowest BCUT2D eigenvalue weighted by Gasteiger charge is -2.32. The normalized spacial score (nSPS) is 11.8. The maximum absolute atomic E-state index is 13.5. The van der Waals surface area contributed by atoms with E-state index in [4.69, 9.17) is 11.6 Å². The highest BCUT2D eigenvalue weighted by Crippen LogP contribution is 2.33. The predicted molar refractivity (Wildman–Crippen MR) is 126 cm³/mol. The summed E-state index contributed by atoms with van der Waals surface area (Å²) in [7, 11) is 0. The number of nitrogens with zero attached hydrogens (tertiary/aromatic N) is 1. The molecule has 0 aliphatic heterocycles. The number of anilines is 1. The van der Waals surface area contributed by atoms with Gasteiger partial charge in [0, 0.05) is 29.4 Å². The van der Waals surface area contributed by atoms with Crippen LogP contribution in [0.25, 0.3) is 10.8 Å². The van der Waals surface area contributed by atoms with Crippen LogP contribution in [0.15, 0.2) is 83.8 Å². The van der Waals surface area contributed by atoms with Crippen LogP contribution in [-0.2, 0) is 0 Å². The van der Waals surface area contributed by atoms with Crippen molar-refractivity contribution in [2.24, 2.45) is 0 Å². The standard InChI is InChI=1S/C25H21ClFN3O2/c1-2-30(25(32)29-17-12-13-22(27)21(26)14-17)23(16-8-4-3-5-9-16)20-15-28-24(31)19-11-7-6-10-18(19)20/h3-15,23H,2H2,1H3,(H,28,31)(H,29,32). The van der Waals surface area contributed by atoms with Crippen LogP contribution in [0.2, 0.25) is 5.02 Å². The molecule has 162 valence electrons. The van der Waals surface area contributed by atoms with Gasteiger partial charge in [-0.25, -0.2) is 9.18 Å². The van der Waals surface area contributed by atoms with Gasteiger partial charge in [-0.05, 0) is 42.1 Å². The second-order valence-corrected chi connectivity index (χ2v) is 7.68. The number of carbonyl (C=O) groups is 1. The van der Waals surface area contributed by atoms with Crippen molar-refractivity contribution in [3.63, 3.8) is 0 Å². The van der Waals surface area contributed by atoms with Crippen molar-refractivity contribution in [2.75, 3.05) is 11.9 Å². The van der Waals surface area contributed by atoms with E-state index in [0.717, 1.165) is 16.5 Å². The van der Waals surface area contributed by atoms with Crippen LogP contribution in [0.5, 0.6) is 0 Å². The highest BCUT2D eigenvalue weighted by molar-refractivity contribution is 6.31. The van der Waals surface area contributed by atoms with Gasteiger partial charge >= 0.3 is 6.03 Å². The van der Waals surface area contributed by atoms with Crippen LogP contribution in [-0.4, -0.2) is 22.5 Å². The summed E-state index contributed by atoms with van der Waals surface area (Å²) in [5, 5.41) is 4.05. The smallest absolute Gasteiger partial charge is 0.322 e. The molecule has 0 saturated carbocycles. The molecule has 0 fully saturated rings. The Hall–Kier alpha value is -3.64. The minimum Gasteiger partial charge on any atom is -0.328 e. The molecule has 0 spiro atoms. The molecule has 7 heteroatoms. The van der Waals surface area contributed by atoms with E-state index in [0.29, 0.717) is 17.6 Å². The summed E-state index contributed by atoms with van der Waals surface area (Å²) in [6.45, 7) is 2.26. The Morgan fingerprint density at radius 3 is 2.44 bits per heavy atom. The summed E-state index contributed by atoms with van der Waals surface area (Å²) in [5.41, 5.74) is 1.88. The molecule has 5 nitrogen and oxygen atoms in total. The lowest BCUT2D eigenvalue weighted by molar-refractivity contribution is 0.202. The molecule has 4 rings (SSSR count). The van der Waals surface area contributed by atoms with Gasteiger partial charge in [-0.2, -0.15) is 0 Å². The number of fused-ring (bicyclic) bond motifs is 1. The van der Waals surface area contributed by atoms with Gasteiger partial charge in [0.1, 0.15) is 5.82 Å². The summed E-state index contributed by atoms with van der Waals surface area (Å²) in [6, 6.07) is 20.1. The molecular formula is C25H21ClFN3O2. The van der Waals surface area contributed by atoms with E-state index in [2.05, 4.69) is 10.3 Å². The van der Waals surface area contributed by atoms with Gasteiger partial charge in [0.05, 0.1) is 11.1 Å². The summed E-state index contributed by atoms with van der Waals surface area (Å²) in [4.78, 5) is 30.2. The number of hydrogen-bond acceptors (Lipinski definition) is 2. The molecule has 0 bridgehead atoms. The molecule has 32 heavy (non-hydrogen) atoms. The van der Waals surface area contributed by atoms with Gasteiger partial charge in [0.2, 0.25) is 0 Å². The van der Waals surface area contributed by atoms with E-state index in [-0.39, 0.29) is 16.6 Å². The zero-order valence-corrected chi connectivity index (χ0v) is 18.1. The number of aromatic nitrogens is 1. The fourth-order valence-electron chi connectivity index (χ4n) is 3.83. The fourth-order valence-corrected chi connectivity index (χ4v) is 4.01. The molecule has 0 aliphatic rings. The molecule has 2 amide bonds. The zero-order valence-electron chi connectivity index (χ0n) is 17.3. The first-order valence-electron chi connectivity index (χ1n) is 10.2. The van der Waals surface area contributed by atoms with Crippen LogP contribution in [0.4, 0.5) is 14.9 Å². The Bertz CT molecular complexity index is 1320. The van der Waals surface area contributed by atoms with Gasteiger partial charge in [-0.1, -0.05) is 60.1 Å². The quantitative estimate of drug-likeness (QED) is 0.394. The number of hydrogen-bond donors (Lipinski definition) is 2. The van der Waals surface area contributed by atoms with E-state index in [9.17, 15) is 14.0 Å². The predicted octanol–water partition coefficient (Wildman–Crippen LogP) is 5.96. The molecule has 1 unspecified atom stereocenters. The van der Waals surface area contributed by atoms with Crippen LogP contribution < -0.4 is 10.9 Å². The van der Waals surface area contributed by atoms with Crippen molar-refractivity contribution in [1.29, 1.82) is 0 Å². The number of benzene rings is 3. The van der Waals surface area contributed by atoms with E-state index in [1.807, 2.05) is 49.4 Å². The Labute approximate surface area is 189 Å². The topological polar surface area (TPSA) is 65.2 Å². The van der Waals surface area contributed by atoms with Gasteiger partial charge in [0.15, 0.2) is 0 Å². The van der Waals surface area contributed by atoms with Crippen molar-refractivity contribution < 1.29 is 9.18 Å². The summed E-state index contributed by atoms with van der Waals surface area (Å²) in [5.74, 6) is -0.557. The lowest BCUT2D eigenvalue weighted by atomic mass is 9.94. The van der Waals surface area contributed by atoms with Crippen LogP contribution in [0.3, 0.4) is 0 Å². The van der Waals surface area contributed by atoms with E-state index < -0.39 is 11.9 Å². The third-order valence-corrected chi connectivity index (χ3v) is 5.63. The van der Waals surface area contributed by atoms with Crippen LogP contribution >= 0.6 is 11.6 Å². The number of nitrogens with one attached hydrogen (secondary N) is 2. The lowest BCUT2D eigenvalue weighted by Crippen LogP contribution is -2.39. The van der Waals surface area contributed by atoms with Gasteiger partial charge in [-0.15, -0.1) is 0 Å². The summed E-state index contributed by atoms with van der Waals surface area (Å²) < 4.78 is 13.5. The number of rotatable bonds is 5. The fraction of sp³-hybridized carbons (Fsp3) is 0.120. The number of amides is 2. The molecule has 4 aromatic rings. The van der Waals surface area contributed by atoms with Crippen molar-refractivity contribution in [1.82, 2.24) is 9.88 Å². The molecule has 3 aromatic carbocycles. The van der Waals surface area contributed by atoms with Gasteiger partial charge in [0.25, 0.3) is 5.56 Å². The molecule has 0 aliphatic carbocycles. The Morgan fingerprint density at radius 1 is 1.06 bits per heavy atom. The Morgan fingerprint density at radius 2 is 1.75 bits per heavy atom.